The van der Waals surface area contributed by atoms with Crippen LogP contribution in [0.1, 0.15) is 0 Å². The summed E-state index contributed by atoms with van der Waals surface area (Å²) in [4.78, 5) is 0. The third-order valence-electron chi connectivity index (χ3n) is 11.8. The standard InChI is InChI=1S/C54H32S/c1-4-15-33(16-5-1)36-27-30-47-46(31-36)51-38-22-11-10-21-37(38)32-45(54(51)55-47)39-28-29-44-50-40(39)25-14-26-43(50)52-48(34-17-6-2-7-18-34)41-23-12-13-24-42(41)49(53(44)52)35-19-8-3-9-20-35/h1-32H. The SMILES string of the molecule is c1ccc(-c2ccc3sc4c(-c5ccc6c7c(cccc57)-c5c-6c(-c6ccccc6)c6ccccc6c5-c5ccccc5)cc5ccccc5c4c3c2)cc1. The topological polar surface area (TPSA) is 0 Å². The van der Waals surface area contributed by atoms with E-state index in [-0.39, 0.29) is 0 Å². The summed E-state index contributed by atoms with van der Waals surface area (Å²) in [6.45, 7) is 0. The van der Waals surface area contributed by atoms with Crippen LogP contribution in [-0.2, 0) is 0 Å². The number of fused-ring (bicyclic) bond motifs is 9. The second-order valence-electron chi connectivity index (χ2n) is 14.7. The molecule has 1 aliphatic rings. The fourth-order valence-electron chi connectivity index (χ4n) is 9.48. The molecule has 55 heavy (non-hydrogen) atoms. The van der Waals surface area contributed by atoms with Gasteiger partial charge in [-0.2, -0.15) is 0 Å². The first-order chi connectivity index (χ1) is 27.3. The van der Waals surface area contributed by atoms with Gasteiger partial charge in [0.05, 0.1) is 0 Å². The maximum absolute atomic E-state index is 2.44. The maximum atomic E-state index is 2.44. The van der Waals surface area contributed by atoms with E-state index in [1.165, 1.54) is 119 Å². The summed E-state index contributed by atoms with van der Waals surface area (Å²) < 4.78 is 2.66. The molecule has 0 nitrogen and oxygen atoms in total. The van der Waals surface area contributed by atoms with Crippen molar-refractivity contribution in [3.05, 3.63) is 194 Å². The average Bonchev–Trinajstić information content (AvgIpc) is 3.81. The van der Waals surface area contributed by atoms with Crippen molar-refractivity contribution < 1.29 is 0 Å². The fraction of sp³-hybridized carbons (Fsp3) is 0. The van der Waals surface area contributed by atoms with Gasteiger partial charge < -0.3 is 0 Å². The molecule has 1 heterocycles. The smallest absolute Gasteiger partial charge is 0.0440 e. The zero-order valence-corrected chi connectivity index (χ0v) is 30.7. The summed E-state index contributed by atoms with van der Waals surface area (Å²) in [5, 5.41) is 10.5. The van der Waals surface area contributed by atoms with E-state index in [0.29, 0.717) is 0 Å². The Morgan fingerprint density at radius 1 is 0.273 bits per heavy atom. The Morgan fingerprint density at radius 2 is 0.818 bits per heavy atom. The first-order valence-corrected chi connectivity index (χ1v) is 19.8. The van der Waals surface area contributed by atoms with Gasteiger partial charge in [-0.05, 0) is 112 Å². The lowest BCUT2D eigenvalue weighted by molar-refractivity contribution is 1.62. The van der Waals surface area contributed by atoms with Crippen LogP contribution in [0.15, 0.2) is 194 Å². The minimum atomic E-state index is 1.24. The summed E-state index contributed by atoms with van der Waals surface area (Å²) in [5.41, 5.74) is 15.5. The van der Waals surface area contributed by atoms with E-state index in [1.54, 1.807) is 0 Å². The molecule has 0 fully saturated rings. The summed E-state index contributed by atoms with van der Waals surface area (Å²) in [6, 6.07) is 72.0. The Morgan fingerprint density at radius 3 is 1.49 bits per heavy atom. The quantitative estimate of drug-likeness (QED) is 0.170. The number of hydrogen-bond donors (Lipinski definition) is 0. The van der Waals surface area contributed by atoms with Gasteiger partial charge in [0.1, 0.15) is 0 Å². The van der Waals surface area contributed by atoms with Gasteiger partial charge in [-0.3, -0.25) is 0 Å². The van der Waals surface area contributed by atoms with Crippen molar-refractivity contribution in [1.82, 2.24) is 0 Å². The summed E-state index contributed by atoms with van der Waals surface area (Å²) in [7, 11) is 0. The van der Waals surface area contributed by atoms with Crippen LogP contribution in [0, 0.1) is 0 Å². The molecule has 0 unspecified atom stereocenters. The van der Waals surface area contributed by atoms with Crippen molar-refractivity contribution in [3.63, 3.8) is 0 Å². The first kappa shape index (κ1) is 30.6. The third kappa shape index (κ3) is 4.45. The molecule has 0 saturated heterocycles. The highest BCUT2D eigenvalue weighted by atomic mass is 32.1. The van der Waals surface area contributed by atoms with Gasteiger partial charge in [0.25, 0.3) is 0 Å². The molecule has 254 valence electrons. The van der Waals surface area contributed by atoms with Crippen LogP contribution in [0.2, 0.25) is 0 Å². The zero-order valence-electron chi connectivity index (χ0n) is 29.9. The van der Waals surface area contributed by atoms with Gasteiger partial charge in [0, 0.05) is 25.7 Å². The van der Waals surface area contributed by atoms with Gasteiger partial charge >= 0.3 is 0 Å². The van der Waals surface area contributed by atoms with Gasteiger partial charge in [-0.1, -0.05) is 176 Å². The van der Waals surface area contributed by atoms with Gasteiger partial charge in [0.2, 0.25) is 0 Å². The second-order valence-corrected chi connectivity index (χ2v) is 15.7. The Labute approximate surface area is 323 Å². The molecular weight excluding hydrogens is 681 g/mol. The molecule has 12 rings (SSSR count). The monoisotopic (exact) mass is 712 g/mol. The van der Waals surface area contributed by atoms with Crippen molar-refractivity contribution in [1.29, 1.82) is 0 Å². The molecular formula is C54H32S. The first-order valence-electron chi connectivity index (χ1n) is 19.0. The van der Waals surface area contributed by atoms with E-state index < -0.39 is 0 Å². The van der Waals surface area contributed by atoms with E-state index in [9.17, 15) is 0 Å². The molecule has 11 aromatic rings. The fourth-order valence-corrected chi connectivity index (χ4v) is 10.7. The largest absolute Gasteiger partial charge is 0.135 e. The van der Waals surface area contributed by atoms with E-state index in [1.807, 2.05) is 11.3 Å². The zero-order chi connectivity index (χ0) is 36.0. The molecule has 10 aromatic carbocycles. The number of benzene rings is 10. The van der Waals surface area contributed by atoms with Gasteiger partial charge in [0.15, 0.2) is 0 Å². The molecule has 1 heteroatoms. The molecule has 0 amide bonds. The van der Waals surface area contributed by atoms with Crippen LogP contribution < -0.4 is 0 Å². The van der Waals surface area contributed by atoms with Gasteiger partial charge in [-0.25, -0.2) is 0 Å². The minimum Gasteiger partial charge on any atom is -0.135 e. The molecule has 0 radical (unpaired) electrons. The molecule has 0 N–H and O–H groups in total. The molecule has 0 spiro atoms. The molecule has 0 atom stereocenters. The Hall–Kier alpha value is -6.80. The molecule has 0 saturated carbocycles. The Kier molecular flexibility index (Phi) is 6.60. The van der Waals surface area contributed by atoms with Crippen molar-refractivity contribution in [3.8, 4) is 66.8 Å². The molecule has 1 aliphatic carbocycles. The molecule has 0 aliphatic heterocycles. The van der Waals surface area contributed by atoms with Crippen LogP contribution in [0.4, 0.5) is 0 Å². The van der Waals surface area contributed by atoms with Crippen molar-refractivity contribution in [2.45, 2.75) is 0 Å². The number of hydrogen-bond acceptors (Lipinski definition) is 1. The van der Waals surface area contributed by atoms with Crippen molar-refractivity contribution in [2.24, 2.45) is 0 Å². The normalized spacial score (nSPS) is 12.0. The van der Waals surface area contributed by atoms with E-state index >= 15 is 0 Å². The van der Waals surface area contributed by atoms with Crippen molar-refractivity contribution in [2.75, 3.05) is 0 Å². The van der Waals surface area contributed by atoms with Crippen LogP contribution in [0.3, 0.4) is 0 Å². The highest BCUT2D eigenvalue weighted by Gasteiger charge is 2.31. The summed E-state index contributed by atoms with van der Waals surface area (Å²) >= 11 is 1.92. The highest BCUT2D eigenvalue weighted by Crippen LogP contribution is 2.59. The third-order valence-corrected chi connectivity index (χ3v) is 13.0. The molecule has 0 bridgehead atoms. The predicted molar refractivity (Wildman–Crippen MR) is 238 cm³/mol. The van der Waals surface area contributed by atoms with E-state index in [2.05, 4.69) is 194 Å². The lowest BCUT2D eigenvalue weighted by atomic mass is 9.82. The lowest BCUT2D eigenvalue weighted by Crippen LogP contribution is -1.93. The highest BCUT2D eigenvalue weighted by molar-refractivity contribution is 7.26. The Balaban J connectivity index is 1.19. The Bertz CT molecular complexity index is 3240. The van der Waals surface area contributed by atoms with Crippen LogP contribution >= 0.6 is 11.3 Å². The minimum absolute atomic E-state index is 1.24. The molecule has 1 aromatic heterocycles. The van der Waals surface area contributed by atoms with E-state index in [0.717, 1.165) is 0 Å². The second kappa shape index (κ2) is 11.9. The summed E-state index contributed by atoms with van der Waals surface area (Å²) in [6.07, 6.45) is 0. The lowest BCUT2D eigenvalue weighted by Gasteiger charge is -2.20. The number of thiophene rings is 1. The van der Waals surface area contributed by atoms with Crippen LogP contribution in [0.5, 0.6) is 0 Å². The maximum Gasteiger partial charge on any atom is 0.0440 e. The average molecular weight is 713 g/mol. The number of rotatable bonds is 4. The van der Waals surface area contributed by atoms with Crippen molar-refractivity contribution >= 4 is 63.8 Å². The predicted octanol–water partition coefficient (Wildman–Crippen LogP) is 15.8. The summed E-state index contributed by atoms with van der Waals surface area (Å²) in [5.74, 6) is 0. The van der Waals surface area contributed by atoms with E-state index in [4.69, 9.17) is 0 Å². The van der Waals surface area contributed by atoms with Crippen LogP contribution in [0.25, 0.3) is 119 Å². The van der Waals surface area contributed by atoms with Crippen LogP contribution in [-0.4, -0.2) is 0 Å². The van der Waals surface area contributed by atoms with Gasteiger partial charge in [-0.15, -0.1) is 11.3 Å².